The average Bonchev–Trinajstić information content (AvgIpc) is 2.24. The first-order chi connectivity index (χ1) is 8.45. The topological polar surface area (TPSA) is 38.0 Å². The van der Waals surface area contributed by atoms with Gasteiger partial charge in [-0.1, -0.05) is 0 Å². The van der Waals surface area contributed by atoms with Crippen LogP contribution in [0.3, 0.4) is 0 Å². The predicted octanol–water partition coefficient (Wildman–Crippen LogP) is 3.74. The molecule has 0 fully saturated rings. The third kappa shape index (κ3) is 2.56. The highest BCUT2D eigenvalue weighted by molar-refractivity contribution is 5.64. The maximum absolute atomic E-state index is 13.6. The van der Waals surface area contributed by atoms with Gasteiger partial charge < -0.3 is 11.1 Å². The van der Waals surface area contributed by atoms with Crippen LogP contribution in [-0.4, -0.2) is 0 Å². The summed E-state index contributed by atoms with van der Waals surface area (Å²) in [6.07, 6.45) is 0. The predicted molar refractivity (Wildman–Crippen MR) is 65.2 cm³/mol. The Morgan fingerprint density at radius 3 is 2.33 bits per heavy atom. The molecule has 3 N–H and O–H groups in total. The summed E-state index contributed by atoms with van der Waals surface area (Å²) >= 11 is 0. The van der Waals surface area contributed by atoms with Crippen molar-refractivity contribution in [2.24, 2.45) is 0 Å². The molecule has 5 heteroatoms. The van der Waals surface area contributed by atoms with E-state index < -0.39 is 17.5 Å². The summed E-state index contributed by atoms with van der Waals surface area (Å²) in [7, 11) is 0. The molecule has 0 heterocycles. The summed E-state index contributed by atoms with van der Waals surface area (Å²) in [5.74, 6) is -1.70. The Kier molecular flexibility index (Phi) is 3.14. The Hall–Kier alpha value is -2.17. The number of nitrogens with two attached hydrogens (primary N) is 1. The number of hydrogen-bond donors (Lipinski definition) is 2. The van der Waals surface area contributed by atoms with Crippen LogP contribution in [0, 0.1) is 24.4 Å². The third-order valence-corrected chi connectivity index (χ3v) is 2.45. The van der Waals surface area contributed by atoms with Crippen molar-refractivity contribution in [1.29, 1.82) is 0 Å². The van der Waals surface area contributed by atoms with E-state index in [2.05, 4.69) is 5.32 Å². The first-order valence-electron chi connectivity index (χ1n) is 5.24. The molecule has 0 saturated carbocycles. The lowest BCUT2D eigenvalue weighted by molar-refractivity contribution is 0.595. The number of aryl methyl sites for hydroxylation is 1. The zero-order chi connectivity index (χ0) is 13.3. The molecule has 2 aromatic rings. The fourth-order valence-corrected chi connectivity index (χ4v) is 1.58. The quantitative estimate of drug-likeness (QED) is 0.799. The smallest absolute Gasteiger partial charge is 0.147 e. The number of anilines is 3. The van der Waals surface area contributed by atoms with E-state index in [1.54, 1.807) is 0 Å². The van der Waals surface area contributed by atoms with E-state index in [0.717, 1.165) is 24.3 Å². The molecule has 0 bridgehead atoms. The van der Waals surface area contributed by atoms with Crippen LogP contribution in [0.2, 0.25) is 0 Å². The summed E-state index contributed by atoms with van der Waals surface area (Å²) in [6.45, 7) is 1.46. The van der Waals surface area contributed by atoms with Gasteiger partial charge in [0.25, 0.3) is 0 Å². The normalized spacial score (nSPS) is 10.4. The van der Waals surface area contributed by atoms with Crippen LogP contribution in [0.25, 0.3) is 0 Å². The number of hydrogen-bond acceptors (Lipinski definition) is 2. The van der Waals surface area contributed by atoms with Crippen LogP contribution in [0.15, 0.2) is 30.3 Å². The molecule has 0 spiro atoms. The third-order valence-electron chi connectivity index (χ3n) is 2.45. The van der Waals surface area contributed by atoms with Crippen molar-refractivity contribution in [3.8, 4) is 0 Å². The largest absolute Gasteiger partial charge is 0.399 e. The Morgan fingerprint density at radius 2 is 1.67 bits per heavy atom. The molecule has 0 aliphatic rings. The second kappa shape index (κ2) is 4.60. The minimum atomic E-state index is -0.614. The highest BCUT2D eigenvalue weighted by atomic mass is 19.1. The van der Waals surface area contributed by atoms with Crippen LogP contribution in [0.1, 0.15) is 5.56 Å². The van der Waals surface area contributed by atoms with E-state index in [-0.39, 0.29) is 22.6 Å². The van der Waals surface area contributed by atoms with Crippen LogP contribution in [0.4, 0.5) is 30.2 Å². The minimum absolute atomic E-state index is 0.0666. The van der Waals surface area contributed by atoms with Crippen molar-refractivity contribution in [3.05, 3.63) is 53.3 Å². The molecule has 2 nitrogen and oxygen atoms in total. The van der Waals surface area contributed by atoms with Gasteiger partial charge in [-0.3, -0.25) is 0 Å². The maximum atomic E-state index is 13.6. The van der Waals surface area contributed by atoms with Gasteiger partial charge in [0.05, 0.1) is 5.69 Å². The van der Waals surface area contributed by atoms with Gasteiger partial charge >= 0.3 is 0 Å². The zero-order valence-electron chi connectivity index (χ0n) is 9.60. The Balaban J connectivity index is 2.36. The van der Waals surface area contributed by atoms with Crippen molar-refractivity contribution in [2.45, 2.75) is 6.92 Å². The van der Waals surface area contributed by atoms with E-state index in [1.165, 1.54) is 13.0 Å². The SMILES string of the molecule is Cc1cc(F)c(Nc2cc(N)cc(F)c2)cc1F. The molecule has 0 atom stereocenters. The number of rotatable bonds is 2. The molecule has 2 rings (SSSR count). The highest BCUT2D eigenvalue weighted by Gasteiger charge is 2.08. The summed E-state index contributed by atoms with van der Waals surface area (Å²) in [4.78, 5) is 0. The molecule has 2 aromatic carbocycles. The monoisotopic (exact) mass is 252 g/mol. The molecular formula is C13H11F3N2. The van der Waals surface area contributed by atoms with Gasteiger partial charge in [-0.05, 0) is 36.8 Å². The van der Waals surface area contributed by atoms with Crippen LogP contribution in [0.5, 0.6) is 0 Å². The second-order valence-corrected chi connectivity index (χ2v) is 3.98. The van der Waals surface area contributed by atoms with Gasteiger partial charge in [0.2, 0.25) is 0 Å². The van der Waals surface area contributed by atoms with Crippen LogP contribution in [-0.2, 0) is 0 Å². The number of benzene rings is 2. The second-order valence-electron chi connectivity index (χ2n) is 3.98. The van der Waals surface area contributed by atoms with E-state index in [1.807, 2.05) is 0 Å². The van der Waals surface area contributed by atoms with Gasteiger partial charge in [-0.15, -0.1) is 0 Å². The number of halogens is 3. The summed E-state index contributed by atoms with van der Waals surface area (Å²) in [6, 6.07) is 5.80. The molecule has 0 radical (unpaired) electrons. The van der Waals surface area contributed by atoms with Gasteiger partial charge in [0, 0.05) is 17.4 Å². The highest BCUT2D eigenvalue weighted by Crippen LogP contribution is 2.24. The van der Waals surface area contributed by atoms with Crippen molar-refractivity contribution in [2.75, 3.05) is 11.1 Å². The first kappa shape index (κ1) is 12.3. The van der Waals surface area contributed by atoms with Crippen molar-refractivity contribution in [3.63, 3.8) is 0 Å². The van der Waals surface area contributed by atoms with Gasteiger partial charge in [-0.2, -0.15) is 0 Å². The molecule has 18 heavy (non-hydrogen) atoms. The van der Waals surface area contributed by atoms with Crippen LogP contribution < -0.4 is 11.1 Å². The molecule has 0 aromatic heterocycles. The van der Waals surface area contributed by atoms with E-state index in [9.17, 15) is 13.2 Å². The minimum Gasteiger partial charge on any atom is -0.399 e. The fourth-order valence-electron chi connectivity index (χ4n) is 1.58. The standard InChI is InChI=1S/C13H11F3N2/c1-7-2-12(16)13(6-11(7)15)18-10-4-8(14)3-9(17)5-10/h2-6,18H,17H2,1H3. The Bertz CT molecular complexity index is 577. The lowest BCUT2D eigenvalue weighted by Crippen LogP contribution is -1.98. The van der Waals surface area contributed by atoms with Crippen molar-refractivity contribution >= 4 is 17.1 Å². The van der Waals surface area contributed by atoms with E-state index >= 15 is 0 Å². The summed E-state index contributed by atoms with van der Waals surface area (Å²) < 4.78 is 40.0. The first-order valence-corrected chi connectivity index (χ1v) is 5.24. The lowest BCUT2D eigenvalue weighted by Gasteiger charge is -2.09. The fraction of sp³-hybridized carbons (Fsp3) is 0.0769. The molecule has 0 amide bonds. The molecule has 94 valence electrons. The molecule has 0 saturated heterocycles. The molecule has 0 aliphatic heterocycles. The molecular weight excluding hydrogens is 241 g/mol. The van der Waals surface area contributed by atoms with E-state index in [4.69, 9.17) is 5.73 Å². The molecule has 0 unspecified atom stereocenters. The van der Waals surface area contributed by atoms with E-state index in [0.29, 0.717) is 0 Å². The zero-order valence-corrected chi connectivity index (χ0v) is 9.60. The van der Waals surface area contributed by atoms with Gasteiger partial charge in [0.15, 0.2) is 0 Å². The number of nitrogen functional groups attached to an aromatic ring is 1. The summed E-state index contributed by atoms with van der Waals surface area (Å²) in [5.41, 5.74) is 6.05. The molecule has 0 aliphatic carbocycles. The van der Waals surface area contributed by atoms with Crippen molar-refractivity contribution < 1.29 is 13.2 Å². The maximum Gasteiger partial charge on any atom is 0.147 e. The number of nitrogens with one attached hydrogen (secondary N) is 1. The van der Waals surface area contributed by atoms with Crippen LogP contribution >= 0.6 is 0 Å². The average molecular weight is 252 g/mol. The summed E-state index contributed by atoms with van der Waals surface area (Å²) in [5, 5.41) is 2.59. The Morgan fingerprint density at radius 1 is 0.944 bits per heavy atom. The van der Waals surface area contributed by atoms with Crippen molar-refractivity contribution in [1.82, 2.24) is 0 Å². The lowest BCUT2D eigenvalue weighted by atomic mass is 10.2. The van der Waals surface area contributed by atoms with Gasteiger partial charge in [0.1, 0.15) is 17.5 Å². The Labute approximate surface area is 102 Å². The van der Waals surface area contributed by atoms with Gasteiger partial charge in [-0.25, -0.2) is 13.2 Å².